The smallest absolute Gasteiger partial charge is 0.328 e. The molecule has 5 heterocycles. The Morgan fingerprint density at radius 1 is 1.00 bits per heavy atom. The number of imide groups is 1. The highest BCUT2D eigenvalue weighted by Gasteiger charge is 2.49. The molecule has 4 amide bonds. The zero-order valence-corrected chi connectivity index (χ0v) is 32.7. The van der Waals surface area contributed by atoms with Gasteiger partial charge in [-0.3, -0.25) is 24.5 Å². The number of carbonyl (C=O) groups excluding carboxylic acids is 3. The molecule has 57 heavy (non-hydrogen) atoms. The first-order valence-corrected chi connectivity index (χ1v) is 20.7. The standard InChI is InChI=1S/C42H47ClN10O4/c43-34-20-32(7-4-28(34)23-44)57-31-8-5-29(6-9-31)46-40(55)35-10-11-38(49-48-35)51-19-15-42(26-51)21-27(22-42)25-50-16-12-30(13-17-50)53-37-3-1-2-36(33(37)24-45-53)52-18-14-39(54)47-41(52)56/h1-4,7,10-11,20,24,27,29-31H,5-6,8-9,12-19,21-22,25-26H2,(H,46,55)(H,47,54,56)/t27?,29-,31-,42?. The van der Waals surface area contributed by atoms with Gasteiger partial charge in [-0.25, -0.2) is 4.79 Å². The molecule has 14 nitrogen and oxygen atoms in total. The van der Waals surface area contributed by atoms with E-state index in [4.69, 9.17) is 26.7 Å². The van der Waals surface area contributed by atoms with Crippen LogP contribution in [0.15, 0.2) is 54.7 Å². The summed E-state index contributed by atoms with van der Waals surface area (Å²) in [5.41, 5.74) is 2.92. The van der Waals surface area contributed by atoms with Gasteiger partial charge in [-0.1, -0.05) is 17.7 Å². The lowest BCUT2D eigenvalue weighted by atomic mass is 9.61. The number of likely N-dealkylation sites (tertiary alicyclic amines) is 1. The second-order valence-corrected chi connectivity index (χ2v) is 17.0. The highest BCUT2D eigenvalue weighted by atomic mass is 35.5. The number of nitrogens with one attached hydrogen (secondary N) is 2. The van der Waals surface area contributed by atoms with E-state index in [1.54, 1.807) is 29.2 Å². The fourth-order valence-corrected chi connectivity index (χ4v) is 10.1. The molecule has 0 unspecified atom stereocenters. The van der Waals surface area contributed by atoms with Crippen LogP contribution in [0.25, 0.3) is 10.9 Å². The van der Waals surface area contributed by atoms with E-state index in [0.29, 0.717) is 52.4 Å². The van der Waals surface area contributed by atoms with Crippen LogP contribution >= 0.6 is 11.6 Å². The SMILES string of the molecule is N#Cc1ccc(O[C@H]2CC[C@H](NC(=O)c3ccc(N4CCC5(CC(CN6CCC(n7ncc8c(N9CCC(=O)NC9=O)cccc87)CC6)C5)C4)nn3)CC2)cc1Cl. The number of nitrogens with zero attached hydrogens (tertiary/aromatic N) is 8. The highest BCUT2D eigenvalue weighted by molar-refractivity contribution is 6.31. The van der Waals surface area contributed by atoms with Gasteiger partial charge < -0.3 is 19.9 Å². The van der Waals surface area contributed by atoms with E-state index in [-0.39, 0.29) is 30.0 Å². The van der Waals surface area contributed by atoms with Crippen LogP contribution in [0.2, 0.25) is 5.02 Å². The molecular weight excluding hydrogens is 744 g/mol. The number of urea groups is 1. The van der Waals surface area contributed by atoms with Gasteiger partial charge in [0.15, 0.2) is 11.5 Å². The summed E-state index contributed by atoms with van der Waals surface area (Å²) in [6, 6.07) is 16.9. The molecule has 5 aliphatic rings. The van der Waals surface area contributed by atoms with Crippen molar-refractivity contribution in [2.45, 2.75) is 82.4 Å². The number of carbonyl (C=O) groups is 3. The van der Waals surface area contributed by atoms with Crippen LogP contribution < -0.4 is 25.2 Å². The number of hydrogen-bond donors (Lipinski definition) is 2. The molecule has 0 atom stereocenters. The molecule has 4 aromatic rings. The number of nitriles is 1. The van der Waals surface area contributed by atoms with Crippen LogP contribution in [0, 0.1) is 22.7 Å². The molecule has 0 bridgehead atoms. The van der Waals surface area contributed by atoms with E-state index >= 15 is 0 Å². The number of rotatable bonds is 9. The number of piperidine rings is 1. The van der Waals surface area contributed by atoms with Crippen molar-refractivity contribution in [2.75, 3.05) is 49.1 Å². The monoisotopic (exact) mass is 790 g/mol. The quantitative estimate of drug-likeness (QED) is 0.210. The van der Waals surface area contributed by atoms with E-state index in [9.17, 15) is 14.4 Å². The fraction of sp³-hybridized carbons (Fsp3) is 0.500. The van der Waals surface area contributed by atoms with Gasteiger partial charge in [0.1, 0.15) is 11.8 Å². The Balaban J connectivity index is 0.705. The van der Waals surface area contributed by atoms with Crippen LogP contribution in [0.4, 0.5) is 16.3 Å². The van der Waals surface area contributed by atoms with Gasteiger partial charge in [0.05, 0.1) is 40.1 Å². The average Bonchev–Trinajstić information content (AvgIpc) is 3.85. The van der Waals surface area contributed by atoms with E-state index in [2.05, 4.69) is 47.4 Å². The number of anilines is 2. The first-order chi connectivity index (χ1) is 27.7. The van der Waals surface area contributed by atoms with Crippen molar-refractivity contribution in [3.8, 4) is 11.8 Å². The number of fused-ring (bicyclic) bond motifs is 1. The maximum atomic E-state index is 13.1. The Morgan fingerprint density at radius 2 is 1.82 bits per heavy atom. The van der Waals surface area contributed by atoms with Crippen molar-refractivity contribution >= 4 is 51.9 Å². The lowest BCUT2D eigenvalue weighted by molar-refractivity contribution is -0.120. The molecule has 3 saturated heterocycles. The summed E-state index contributed by atoms with van der Waals surface area (Å²) in [4.78, 5) is 43.9. The van der Waals surface area contributed by atoms with Crippen molar-refractivity contribution < 1.29 is 19.1 Å². The zero-order valence-electron chi connectivity index (χ0n) is 31.9. The van der Waals surface area contributed by atoms with Gasteiger partial charge in [-0.15, -0.1) is 10.2 Å². The van der Waals surface area contributed by atoms with Gasteiger partial charge in [-0.2, -0.15) is 10.4 Å². The van der Waals surface area contributed by atoms with Crippen LogP contribution in [-0.2, 0) is 4.79 Å². The van der Waals surface area contributed by atoms with E-state index in [1.165, 1.54) is 12.8 Å². The van der Waals surface area contributed by atoms with Crippen LogP contribution in [0.5, 0.6) is 5.75 Å². The molecule has 15 heteroatoms. The topological polar surface area (TPSA) is 162 Å². The number of aromatic nitrogens is 4. The molecular formula is C42H47ClN10O4. The molecule has 1 spiro atoms. The minimum Gasteiger partial charge on any atom is -0.490 e. The Bertz CT molecular complexity index is 2200. The van der Waals surface area contributed by atoms with Gasteiger partial charge >= 0.3 is 6.03 Å². The van der Waals surface area contributed by atoms with E-state index < -0.39 is 0 Å². The summed E-state index contributed by atoms with van der Waals surface area (Å²) in [5, 5.41) is 29.6. The molecule has 2 aromatic carbocycles. The Morgan fingerprint density at radius 3 is 2.56 bits per heavy atom. The predicted octanol–water partition coefficient (Wildman–Crippen LogP) is 5.86. The molecule has 2 saturated carbocycles. The first kappa shape index (κ1) is 37.3. The fourth-order valence-electron chi connectivity index (χ4n) is 9.90. The molecule has 2 aliphatic carbocycles. The summed E-state index contributed by atoms with van der Waals surface area (Å²) in [6.07, 6.45) is 11.1. The predicted molar refractivity (Wildman–Crippen MR) is 214 cm³/mol. The number of halogens is 1. The molecule has 9 rings (SSSR count). The third-order valence-corrected chi connectivity index (χ3v) is 13.2. The van der Waals surface area contributed by atoms with Crippen molar-refractivity contribution in [1.82, 2.24) is 35.5 Å². The van der Waals surface area contributed by atoms with Gasteiger partial charge in [0.25, 0.3) is 5.91 Å². The summed E-state index contributed by atoms with van der Waals surface area (Å²) in [6.45, 7) is 5.52. The van der Waals surface area contributed by atoms with Crippen molar-refractivity contribution in [1.29, 1.82) is 5.26 Å². The number of ether oxygens (including phenoxy) is 1. The van der Waals surface area contributed by atoms with Crippen LogP contribution in [-0.4, -0.2) is 94.1 Å². The molecule has 5 fully saturated rings. The lowest BCUT2D eigenvalue weighted by Crippen LogP contribution is -2.49. The molecule has 2 N–H and O–H groups in total. The van der Waals surface area contributed by atoms with Crippen molar-refractivity contribution in [3.05, 3.63) is 71.0 Å². The molecule has 296 valence electrons. The van der Waals surface area contributed by atoms with Crippen LogP contribution in [0.3, 0.4) is 0 Å². The maximum Gasteiger partial charge on any atom is 0.328 e. The first-order valence-electron chi connectivity index (χ1n) is 20.3. The van der Waals surface area contributed by atoms with Gasteiger partial charge in [0.2, 0.25) is 5.91 Å². The molecule has 2 aromatic heterocycles. The lowest BCUT2D eigenvalue weighted by Gasteiger charge is -2.47. The average molecular weight is 791 g/mol. The third-order valence-electron chi connectivity index (χ3n) is 12.8. The number of benzene rings is 2. The van der Waals surface area contributed by atoms with Crippen molar-refractivity contribution in [3.63, 3.8) is 0 Å². The summed E-state index contributed by atoms with van der Waals surface area (Å²) in [7, 11) is 0. The van der Waals surface area contributed by atoms with Crippen molar-refractivity contribution in [2.24, 2.45) is 11.3 Å². The zero-order chi connectivity index (χ0) is 39.1. The van der Waals surface area contributed by atoms with Gasteiger partial charge in [0, 0.05) is 63.2 Å². The van der Waals surface area contributed by atoms with E-state index in [1.807, 2.05) is 24.4 Å². The second-order valence-electron chi connectivity index (χ2n) is 16.6. The highest BCUT2D eigenvalue weighted by Crippen LogP contribution is 2.52. The molecule has 3 aliphatic heterocycles. The Labute approximate surface area is 336 Å². The molecule has 0 radical (unpaired) electrons. The maximum absolute atomic E-state index is 13.1. The van der Waals surface area contributed by atoms with E-state index in [0.717, 1.165) is 100 Å². The normalized spacial score (nSPS) is 25.6. The Hall–Kier alpha value is -5.26. The largest absolute Gasteiger partial charge is 0.490 e. The third kappa shape index (κ3) is 7.75. The number of amides is 4. The summed E-state index contributed by atoms with van der Waals surface area (Å²) in [5.74, 6) is 1.76. The summed E-state index contributed by atoms with van der Waals surface area (Å²) < 4.78 is 8.23. The minimum atomic E-state index is -0.376. The van der Waals surface area contributed by atoms with Crippen LogP contribution in [0.1, 0.15) is 86.3 Å². The number of hydrogen-bond acceptors (Lipinski definition) is 10. The Kier molecular flexibility index (Phi) is 10.2. The van der Waals surface area contributed by atoms with Gasteiger partial charge in [-0.05, 0) is 106 Å². The second kappa shape index (κ2) is 15.6. The minimum absolute atomic E-state index is 0.0357. The summed E-state index contributed by atoms with van der Waals surface area (Å²) >= 11 is 6.16.